The molecule has 0 radical (unpaired) electrons. The normalized spacial score (nSPS) is 13.1. The summed E-state index contributed by atoms with van der Waals surface area (Å²) in [5, 5.41) is 0. The molecule has 0 fully saturated rings. The third-order valence-corrected chi connectivity index (χ3v) is 3.72. The summed E-state index contributed by atoms with van der Waals surface area (Å²) in [5.74, 6) is 0. The minimum atomic E-state index is 0.891. The third kappa shape index (κ3) is 1.03. The molecule has 0 atom stereocenters. The maximum Gasteiger partial charge on any atom is 0.281 e. The molecule has 0 bridgehead atoms. The zero-order valence-electron chi connectivity index (χ0n) is 10.1. The first-order valence-electron chi connectivity index (χ1n) is 6.22. The Hall–Kier alpha value is -2.69. The van der Waals surface area contributed by atoms with E-state index in [1.165, 1.54) is 11.3 Å². The molecule has 5 heteroatoms. The first kappa shape index (κ1) is 9.27. The van der Waals surface area contributed by atoms with Crippen molar-refractivity contribution < 1.29 is 4.40 Å². The van der Waals surface area contributed by atoms with E-state index in [1.807, 2.05) is 36.9 Å². The van der Waals surface area contributed by atoms with Crippen molar-refractivity contribution in [3.05, 3.63) is 54.9 Å². The zero-order chi connectivity index (χ0) is 12.4. The SMILES string of the molecule is c1cnc2c(c1)Cn1c[n+]3cc4ncccn4c3c1-2. The fraction of sp³-hybridized carbons (Fsp3) is 0.0714. The Morgan fingerprint density at radius 1 is 1.16 bits per heavy atom. The predicted molar refractivity (Wildman–Crippen MR) is 68.7 cm³/mol. The molecule has 5 nitrogen and oxygen atoms in total. The van der Waals surface area contributed by atoms with Gasteiger partial charge in [0.1, 0.15) is 11.9 Å². The van der Waals surface area contributed by atoms with Gasteiger partial charge in [0.15, 0.2) is 12.0 Å². The molecule has 5 heterocycles. The summed E-state index contributed by atoms with van der Waals surface area (Å²) in [6, 6.07) is 6.08. The molecule has 4 aromatic rings. The van der Waals surface area contributed by atoms with E-state index in [-0.39, 0.29) is 0 Å². The molecule has 0 unspecified atom stereocenters. The first-order chi connectivity index (χ1) is 9.42. The van der Waals surface area contributed by atoms with Crippen LogP contribution in [0.4, 0.5) is 0 Å². The molecular formula is C14H10N5+. The van der Waals surface area contributed by atoms with Crippen LogP contribution in [0.2, 0.25) is 0 Å². The summed E-state index contributed by atoms with van der Waals surface area (Å²) in [6.07, 6.45) is 9.87. The lowest BCUT2D eigenvalue weighted by atomic mass is 10.2. The highest BCUT2D eigenvalue weighted by molar-refractivity contribution is 5.76. The fourth-order valence-corrected chi connectivity index (χ4v) is 2.95. The number of rotatable bonds is 0. The second-order valence-corrected chi connectivity index (χ2v) is 4.81. The first-order valence-corrected chi connectivity index (χ1v) is 6.22. The van der Waals surface area contributed by atoms with Crippen LogP contribution in [0.3, 0.4) is 0 Å². The summed E-state index contributed by atoms with van der Waals surface area (Å²) < 4.78 is 6.47. The van der Waals surface area contributed by atoms with Gasteiger partial charge in [-0.3, -0.25) is 9.55 Å². The average Bonchev–Trinajstić information content (AvgIpc) is 3.04. The van der Waals surface area contributed by atoms with E-state index in [1.54, 1.807) is 0 Å². The van der Waals surface area contributed by atoms with Gasteiger partial charge >= 0.3 is 0 Å². The Balaban J connectivity index is 2.00. The maximum absolute atomic E-state index is 4.54. The molecular weight excluding hydrogens is 238 g/mol. The van der Waals surface area contributed by atoms with Crippen LogP contribution in [0.1, 0.15) is 5.56 Å². The van der Waals surface area contributed by atoms with Crippen LogP contribution in [0.15, 0.2) is 49.3 Å². The van der Waals surface area contributed by atoms with Crippen LogP contribution in [0.25, 0.3) is 22.7 Å². The Morgan fingerprint density at radius 3 is 3.11 bits per heavy atom. The van der Waals surface area contributed by atoms with Crippen molar-refractivity contribution in [2.75, 3.05) is 0 Å². The summed E-state index contributed by atoms with van der Waals surface area (Å²) >= 11 is 0. The van der Waals surface area contributed by atoms with Gasteiger partial charge in [-0.05, 0) is 12.1 Å². The third-order valence-electron chi connectivity index (χ3n) is 3.72. The summed E-state index contributed by atoms with van der Waals surface area (Å²) in [6.45, 7) is 0.891. The standard InChI is InChI=1S/C14H10N5/c1-3-10-7-17-9-18-8-11-15-5-2-6-19(11)14(18)13(17)12(10)16-4-1/h1-6,8-9H,7H2/q+1. The monoisotopic (exact) mass is 248 g/mol. The van der Waals surface area contributed by atoms with Gasteiger partial charge in [-0.2, -0.15) is 0 Å². The van der Waals surface area contributed by atoms with E-state index in [9.17, 15) is 0 Å². The molecule has 1 aliphatic rings. The van der Waals surface area contributed by atoms with Crippen molar-refractivity contribution in [1.82, 2.24) is 18.9 Å². The Labute approximate surface area is 108 Å². The quantitative estimate of drug-likeness (QED) is 0.387. The van der Waals surface area contributed by atoms with Gasteiger partial charge < -0.3 is 0 Å². The molecule has 0 saturated heterocycles. The second kappa shape index (κ2) is 3.00. The topological polar surface area (TPSA) is 39.2 Å². The number of nitrogens with zero attached hydrogens (tertiary/aromatic N) is 5. The van der Waals surface area contributed by atoms with Crippen LogP contribution in [0, 0.1) is 0 Å². The summed E-state index contributed by atoms with van der Waals surface area (Å²) in [4.78, 5) is 8.93. The molecule has 0 aliphatic carbocycles. The molecule has 4 aromatic heterocycles. The van der Waals surface area contributed by atoms with Crippen molar-refractivity contribution >= 4 is 11.3 Å². The maximum atomic E-state index is 4.54. The van der Waals surface area contributed by atoms with Gasteiger partial charge in [-0.25, -0.2) is 13.8 Å². The van der Waals surface area contributed by atoms with Crippen molar-refractivity contribution in [3.8, 4) is 11.4 Å². The van der Waals surface area contributed by atoms with Crippen LogP contribution >= 0.6 is 0 Å². The molecule has 0 aromatic carbocycles. The number of hydrogen-bond acceptors (Lipinski definition) is 2. The zero-order valence-corrected chi connectivity index (χ0v) is 10.1. The molecule has 0 saturated carbocycles. The van der Waals surface area contributed by atoms with Crippen LogP contribution in [-0.2, 0) is 6.54 Å². The lowest BCUT2D eigenvalue weighted by Gasteiger charge is -1.93. The van der Waals surface area contributed by atoms with Crippen LogP contribution in [-0.4, -0.2) is 18.9 Å². The van der Waals surface area contributed by atoms with E-state index in [4.69, 9.17) is 0 Å². The Morgan fingerprint density at radius 2 is 2.11 bits per heavy atom. The van der Waals surface area contributed by atoms with Gasteiger partial charge in [0.25, 0.3) is 5.65 Å². The molecule has 0 amide bonds. The van der Waals surface area contributed by atoms with E-state index in [0.29, 0.717) is 0 Å². The van der Waals surface area contributed by atoms with Gasteiger partial charge in [0.05, 0.1) is 12.7 Å². The molecule has 0 N–H and O–H groups in total. The van der Waals surface area contributed by atoms with Crippen molar-refractivity contribution in [2.24, 2.45) is 0 Å². The minimum Gasteiger partial charge on any atom is -0.254 e. The van der Waals surface area contributed by atoms with Crippen LogP contribution in [0.5, 0.6) is 0 Å². The molecule has 0 spiro atoms. The molecule has 90 valence electrons. The summed E-state index contributed by atoms with van der Waals surface area (Å²) in [7, 11) is 0. The highest BCUT2D eigenvalue weighted by Crippen LogP contribution is 2.32. The fourth-order valence-electron chi connectivity index (χ4n) is 2.95. The number of fused-ring (bicyclic) bond motifs is 7. The van der Waals surface area contributed by atoms with Gasteiger partial charge in [0, 0.05) is 18.0 Å². The van der Waals surface area contributed by atoms with E-state index < -0.39 is 0 Å². The lowest BCUT2D eigenvalue weighted by Crippen LogP contribution is -2.15. The van der Waals surface area contributed by atoms with Gasteiger partial charge in [0.2, 0.25) is 5.65 Å². The lowest BCUT2D eigenvalue weighted by molar-refractivity contribution is -0.510. The Bertz CT molecular complexity index is 947. The van der Waals surface area contributed by atoms with Crippen molar-refractivity contribution in [1.29, 1.82) is 0 Å². The molecule has 1 aliphatic heterocycles. The number of aromatic nitrogens is 5. The Kier molecular flexibility index (Phi) is 1.46. The number of hydrogen-bond donors (Lipinski definition) is 0. The van der Waals surface area contributed by atoms with Crippen molar-refractivity contribution in [3.63, 3.8) is 0 Å². The van der Waals surface area contributed by atoms with E-state index >= 15 is 0 Å². The molecule has 5 rings (SSSR count). The number of imidazole rings is 2. The van der Waals surface area contributed by atoms with Gasteiger partial charge in [-0.15, -0.1) is 0 Å². The number of pyridine rings is 1. The van der Waals surface area contributed by atoms with Crippen molar-refractivity contribution in [2.45, 2.75) is 6.54 Å². The second-order valence-electron chi connectivity index (χ2n) is 4.81. The minimum absolute atomic E-state index is 0.891. The molecule has 19 heavy (non-hydrogen) atoms. The van der Waals surface area contributed by atoms with E-state index in [0.717, 1.165) is 23.5 Å². The summed E-state index contributed by atoms with van der Waals surface area (Å²) in [5.41, 5.74) is 5.60. The predicted octanol–water partition coefficient (Wildman–Crippen LogP) is 1.30. The highest BCUT2D eigenvalue weighted by Gasteiger charge is 2.31. The smallest absolute Gasteiger partial charge is 0.254 e. The largest absolute Gasteiger partial charge is 0.281 e. The highest BCUT2D eigenvalue weighted by atomic mass is 15.2. The average molecular weight is 248 g/mol. The van der Waals surface area contributed by atoms with Crippen LogP contribution < -0.4 is 4.40 Å². The van der Waals surface area contributed by atoms with E-state index in [2.05, 4.69) is 35.7 Å². The van der Waals surface area contributed by atoms with Gasteiger partial charge in [-0.1, -0.05) is 6.07 Å².